The van der Waals surface area contributed by atoms with Crippen LogP contribution in [0.15, 0.2) is 24.3 Å². The Morgan fingerprint density at radius 1 is 1.25 bits per heavy atom. The molecule has 1 aromatic rings. The average molecular weight is 276 g/mol. The van der Waals surface area contributed by atoms with Crippen molar-refractivity contribution >= 4 is 0 Å². The SMILES string of the molecule is CCC(C)N(C)CCNC(C)CCc1cccc(C)c1. The molecule has 0 bridgehead atoms. The number of rotatable bonds is 9. The van der Waals surface area contributed by atoms with Crippen molar-refractivity contribution in [3.63, 3.8) is 0 Å². The normalized spacial score (nSPS) is 14.5. The molecule has 2 nitrogen and oxygen atoms in total. The van der Waals surface area contributed by atoms with Gasteiger partial charge in [0.25, 0.3) is 0 Å². The lowest BCUT2D eigenvalue weighted by Gasteiger charge is -2.24. The van der Waals surface area contributed by atoms with E-state index in [1.807, 2.05) is 0 Å². The molecule has 2 atom stereocenters. The van der Waals surface area contributed by atoms with E-state index in [1.54, 1.807) is 0 Å². The molecule has 0 saturated heterocycles. The molecule has 0 aromatic heterocycles. The van der Waals surface area contributed by atoms with E-state index < -0.39 is 0 Å². The second kappa shape index (κ2) is 9.15. The third kappa shape index (κ3) is 6.53. The molecule has 2 unspecified atom stereocenters. The zero-order valence-corrected chi connectivity index (χ0v) is 13.9. The number of nitrogens with one attached hydrogen (secondary N) is 1. The van der Waals surface area contributed by atoms with Gasteiger partial charge >= 0.3 is 0 Å². The fraction of sp³-hybridized carbons (Fsp3) is 0.667. The second-order valence-corrected chi connectivity index (χ2v) is 6.12. The average Bonchev–Trinajstić information content (AvgIpc) is 2.44. The Bertz CT molecular complexity index is 375. The number of hydrogen-bond acceptors (Lipinski definition) is 2. The van der Waals surface area contributed by atoms with E-state index in [4.69, 9.17) is 0 Å². The summed E-state index contributed by atoms with van der Waals surface area (Å²) in [4.78, 5) is 2.43. The van der Waals surface area contributed by atoms with Gasteiger partial charge in [0.2, 0.25) is 0 Å². The standard InChI is InChI=1S/C18H32N2/c1-6-17(4)20(5)13-12-19-16(3)10-11-18-9-7-8-15(2)14-18/h7-9,14,16-17,19H,6,10-13H2,1-5H3. The van der Waals surface area contributed by atoms with Crippen LogP contribution < -0.4 is 5.32 Å². The quantitative estimate of drug-likeness (QED) is 0.741. The van der Waals surface area contributed by atoms with Crippen LogP contribution in [0.3, 0.4) is 0 Å². The van der Waals surface area contributed by atoms with Gasteiger partial charge in [-0.3, -0.25) is 0 Å². The minimum absolute atomic E-state index is 0.584. The maximum Gasteiger partial charge on any atom is 0.0107 e. The number of hydrogen-bond donors (Lipinski definition) is 1. The van der Waals surface area contributed by atoms with Gasteiger partial charge in [-0.25, -0.2) is 0 Å². The van der Waals surface area contributed by atoms with Gasteiger partial charge in [-0.2, -0.15) is 0 Å². The maximum atomic E-state index is 3.64. The molecular formula is C18H32N2. The molecule has 0 saturated carbocycles. The lowest BCUT2D eigenvalue weighted by molar-refractivity contribution is 0.248. The van der Waals surface area contributed by atoms with Gasteiger partial charge < -0.3 is 10.2 Å². The summed E-state index contributed by atoms with van der Waals surface area (Å²) in [6, 6.07) is 10.1. The van der Waals surface area contributed by atoms with Crippen molar-refractivity contribution in [3.05, 3.63) is 35.4 Å². The number of aryl methyl sites for hydroxylation is 2. The van der Waals surface area contributed by atoms with Crippen molar-refractivity contribution in [2.24, 2.45) is 0 Å². The Balaban J connectivity index is 2.19. The summed E-state index contributed by atoms with van der Waals surface area (Å²) < 4.78 is 0. The molecule has 114 valence electrons. The van der Waals surface area contributed by atoms with Crippen molar-refractivity contribution in [1.82, 2.24) is 10.2 Å². The number of nitrogens with zero attached hydrogens (tertiary/aromatic N) is 1. The minimum Gasteiger partial charge on any atom is -0.313 e. The van der Waals surface area contributed by atoms with Gasteiger partial charge in [0, 0.05) is 25.2 Å². The van der Waals surface area contributed by atoms with Gasteiger partial charge in [-0.15, -0.1) is 0 Å². The first kappa shape index (κ1) is 17.2. The first-order valence-electron chi connectivity index (χ1n) is 8.02. The van der Waals surface area contributed by atoms with Crippen LogP contribution in [0.4, 0.5) is 0 Å². The summed E-state index contributed by atoms with van der Waals surface area (Å²) in [6.45, 7) is 11.2. The Morgan fingerprint density at radius 3 is 2.65 bits per heavy atom. The molecule has 1 aromatic carbocycles. The Morgan fingerprint density at radius 2 is 2.00 bits per heavy atom. The number of benzene rings is 1. The molecule has 0 aliphatic heterocycles. The summed E-state index contributed by atoms with van der Waals surface area (Å²) in [6.07, 6.45) is 3.59. The van der Waals surface area contributed by atoms with E-state index in [1.165, 1.54) is 24.0 Å². The van der Waals surface area contributed by atoms with Crippen LogP contribution in [-0.2, 0) is 6.42 Å². The molecule has 0 radical (unpaired) electrons. The molecule has 0 amide bonds. The highest BCUT2D eigenvalue weighted by atomic mass is 15.1. The summed E-state index contributed by atoms with van der Waals surface area (Å²) >= 11 is 0. The lowest BCUT2D eigenvalue weighted by atomic mass is 10.0. The van der Waals surface area contributed by atoms with Gasteiger partial charge in [0.1, 0.15) is 0 Å². The van der Waals surface area contributed by atoms with Crippen molar-refractivity contribution in [3.8, 4) is 0 Å². The minimum atomic E-state index is 0.584. The van der Waals surface area contributed by atoms with E-state index >= 15 is 0 Å². The van der Waals surface area contributed by atoms with Gasteiger partial charge in [-0.05, 0) is 52.6 Å². The molecule has 1 N–H and O–H groups in total. The topological polar surface area (TPSA) is 15.3 Å². The molecule has 2 heteroatoms. The van der Waals surface area contributed by atoms with Crippen LogP contribution in [0.5, 0.6) is 0 Å². The summed E-state index contributed by atoms with van der Waals surface area (Å²) in [7, 11) is 2.22. The predicted octanol–water partition coefficient (Wildman–Crippen LogP) is 3.64. The van der Waals surface area contributed by atoms with Crippen LogP contribution in [0, 0.1) is 6.92 Å². The van der Waals surface area contributed by atoms with Crippen molar-refractivity contribution < 1.29 is 0 Å². The monoisotopic (exact) mass is 276 g/mol. The van der Waals surface area contributed by atoms with Crippen LogP contribution in [-0.4, -0.2) is 37.1 Å². The van der Waals surface area contributed by atoms with E-state index in [9.17, 15) is 0 Å². The van der Waals surface area contributed by atoms with Crippen molar-refractivity contribution in [2.75, 3.05) is 20.1 Å². The predicted molar refractivity (Wildman–Crippen MR) is 89.3 cm³/mol. The summed E-state index contributed by atoms with van der Waals surface area (Å²) in [5, 5.41) is 3.64. The molecule has 20 heavy (non-hydrogen) atoms. The molecular weight excluding hydrogens is 244 g/mol. The number of likely N-dealkylation sites (N-methyl/N-ethyl adjacent to an activating group) is 1. The first-order chi connectivity index (χ1) is 9.52. The molecule has 0 aliphatic carbocycles. The first-order valence-corrected chi connectivity index (χ1v) is 8.02. The third-order valence-corrected chi connectivity index (χ3v) is 4.25. The van der Waals surface area contributed by atoms with Gasteiger partial charge in [0.15, 0.2) is 0 Å². The van der Waals surface area contributed by atoms with E-state index in [2.05, 4.69) is 69.2 Å². The fourth-order valence-electron chi connectivity index (χ4n) is 2.37. The Labute approximate surface area is 125 Å². The largest absolute Gasteiger partial charge is 0.313 e. The maximum absolute atomic E-state index is 3.64. The van der Waals surface area contributed by atoms with Crippen molar-refractivity contribution in [2.45, 2.75) is 59.0 Å². The second-order valence-electron chi connectivity index (χ2n) is 6.12. The summed E-state index contributed by atoms with van der Waals surface area (Å²) in [5.74, 6) is 0. The summed E-state index contributed by atoms with van der Waals surface area (Å²) in [5.41, 5.74) is 2.81. The molecule has 1 rings (SSSR count). The van der Waals surface area contributed by atoms with E-state index in [-0.39, 0.29) is 0 Å². The molecule has 0 heterocycles. The van der Waals surface area contributed by atoms with E-state index in [0.29, 0.717) is 12.1 Å². The van der Waals surface area contributed by atoms with Crippen LogP contribution >= 0.6 is 0 Å². The van der Waals surface area contributed by atoms with Crippen LogP contribution in [0.25, 0.3) is 0 Å². The fourth-order valence-corrected chi connectivity index (χ4v) is 2.37. The Kier molecular flexibility index (Phi) is 7.86. The zero-order chi connectivity index (χ0) is 15.0. The third-order valence-electron chi connectivity index (χ3n) is 4.25. The highest BCUT2D eigenvalue weighted by molar-refractivity contribution is 5.22. The van der Waals surface area contributed by atoms with Gasteiger partial charge in [-0.1, -0.05) is 36.8 Å². The highest BCUT2D eigenvalue weighted by Crippen LogP contribution is 2.08. The molecule has 0 aliphatic rings. The van der Waals surface area contributed by atoms with E-state index in [0.717, 1.165) is 19.5 Å². The highest BCUT2D eigenvalue weighted by Gasteiger charge is 2.07. The van der Waals surface area contributed by atoms with Crippen molar-refractivity contribution in [1.29, 1.82) is 0 Å². The van der Waals surface area contributed by atoms with Gasteiger partial charge in [0.05, 0.1) is 0 Å². The molecule has 0 fully saturated rings. The van der Waals surface area contributed by atoms with Crippen LogP contribution in [0.1, 0.15) is 44.7 Å². The Hall–Kier alpha value is -0.860. The van der Waals surface area contributed by atoms with Crippen LogP contribution in [0.2, 0.25) is 0 Å². The zero-order valence-electron chi connectivity index (χ0n) is 13.9. The molecule has 0 spiro atoms. The smallest absolute Gasteiger partial charge is 0.0107 e. The lowest BCUT2D eigenvalue weighted by Crippen LogP contribution is -2.38.